The highest BCUT2D eigenvalue weighted by Crippen LogP contribution is 2.33. The van der Waals surface area contributed by atoms with Gasteiger partial charge < -0.3 is 14.8 Å². The third-order valence-corrected chi connectivity index (χ3v) is 3.25. The summed E-state index contributed by atoms with van der Waals surface area (Å²) < 4.78 is 11.8. The zero-order valence-electron chi connectivity index (χ0n) is 11.6. The van der Waals surface area contributed by atoms with Gasteiger partial charge in [-0.1, -0.05) is 35.7 Å². The second-order valence-electron chi connectivity index (χ2n) is 4.61. The number of halogens is 1. The van der Waals surface area contributed by atoms with Gasteiger partial charge in [0.15, 0.2) is 11.5 Å². The molecule has 0 aliphatic heterocycles. The molecule has 1 aromatic rings. The van der Waals surface area contributed by atoms with Crippen molar-refractivity contribution >= 4 is 15.9 Å². The monoisotopic (exact) mass is 325 g/mol. The molecular formula is C15H20BrNO2. The van der Waals surface area contributed by atoms with Crippen molar-refractivity contribution in [2.75, 3.05) is 20.3 Å². The van der Waals surface area contributed by atoms with Crippen molar-refractivity contribution in [1.82, 2.24) is 5.32 Å². The maximum atomic E-state index is 5.44. The van der Waals surface area contributed by atoms with E-state index in [0.29, 0.717) is 17.4 Å². The lowest BCUT2D eigenvalue weighted by atomic mass is 10.2. The summed E-state index contributed by atoms with van der Waals surface area (Å²) in [5.74, 6) is 4.41. The average Bonchev–Trinajstić information content (AvgIpc) is 2.38. The highest BCUT2D eigenvalue weighted by Gasteiger charge is 2.10. The molecule has 0 aromatic heterocycles. The number of rotatable bonds is 7. The van der Waals surface area contributed by atoms with Crippen molar-refractivity contribution in [3.63, 3.8) is 0 Å². The van der Waals surface area contributed by atoms with Gasteiger partial charge >= 0.3 is 0 Å². The van der Waals surface area contributed by atoms with Gasteiger partial charge in [0.1, 0.15) is 6.61 Å². The van der Waals surface area contributed by atoms with Gasteiger partial charge in [-0.3, -0.25) is 0 Å². The second kappa shape index (κ2) is 8.08. The van der Waals surface area contributed by atoms with Crippen LogP contribution in [0.3, 0.4) is 0 Å². The summed E-state index contributed by atoms with van der Waals surface area (Å²) in [6, 6.07) is 3.85. The van der Waals surface area contributed by atoms with E-state index < -0.39 is 0 Å². The molecule has 104 valence electrons. The first-order chi connectivity index (χ1) is 9.08. The molecule has 19 heavy (non-hydrogen) atoms. The Balaban J connectivity index is 2.81. The van der Waals surface area contributed by atoms with Gasteiger partial charge in [-0.15, -0.1) is 6.42 Å². The van der Waals surface area contributed by atoms with Crippen LogP contribution in [-0.2, 0) is 6.54 Å². The largest absolute Gasteiger partial charge is 0.493 e. The Bertz CT molecular complexity index is 452. The SMILES string of the molecule is C#CCOc1cc(Br)c(CNCC(C)C)cc1OC. The molecule has 0 spiro atoms. The maximum Gasteiger partial charge on any atom is 0.163 e. The van der Waals surface area contributed by atoms with Crippen LogP contribution in [0.15, 0.2) is 16.6 Å². The van der Waals surface area contributed by atoms with Crippen molar-refractivity contribution < 1.29 is 9.47 Å². The zero-order chi connectivity index (χ0) is 14.3. The fourth-order valence-corrected chi connectivity index (χ4v) is 2.06. The summed E-state index contributed by atoms with van der Waals surface area (Å²) >= 11 is 3.54. The third kappa shape index (κ3) is 5.14. The quantitative estimate of drug-likeness (QED) is 0.781. The smallest absolute Gasteiger partial charge is 0.163 e. The summed E-state index contributed by atoms with van der Waals surface area (Å²) in [6.45, 7) is 6.35. The molecule has 0 aliphatic rings. The molecule has 0 amide bonds. The molecular weight excluding hydrogens is 306 g/mol. The molecule has 0 unspecified atom stereocenters. The van der Waals surface area contributed by atoms with E-state index in [2.05, 4.69) is 41.0 Å². The van der Waals surface area contributed by atoms with Crippen LogP contribution >= 0.6 is 15.9 Å². The van der Waals surface area contributed by atoms with Gasteiger partial charge in [0.25, 0.3) is 0 Å². The van der Waals surface area contributed by atoms with Gasteiger partial charge in [0.2, 0.25) is 0 Å². The molecule has 0 bridgehead atoms. The number of benzene rings is 1. The lowest BCUT2D eigenvalue weighted by molar-refractivity contribution is 0.330. The molecule has 0 fully saturated rings. The predicted octanol–water partition coefficient (Wildman–Crippen LogP) is 3.22. The highest BCUT2D eigenvalue weighted by molar-refractivity contribution is 9.10. The zero-order valence-corrected chi connectivity index (χ0v) is 13.2. The Labute approximate surface area is 123 Å². The van der Waals surface area contributed by atoms with E-state index in [1.54, 1.807) is 7.11 Å². The highest BCUT2D eigenvalue weighted by atomic mass is 79.9. The van der Waals surface area contributed by atoms with Crippen LogP contribution in [0.2, 0.25) is 0 Å². The first-order valence-electron chi connectivity index (χ1n) is 6.21. The van der Waals surface area contributed by atoms with Gasteiger partial charge in [-0.25, -0.2) is 0 Å². The average molecular weight is 326 g/mol. The molecule has 0 heterocycles. The van der Waals surface area contributed by atoms with E-state index in [9.17, 15) is 0 Å². The minimum absolute atomic E-state index is 0.230. The fourth-order valence-electron chi connectivity index (χ4n) is 1.60. The molecule has 3 nitrogen and oxygen atoms in total. The summed E-state index contributed by atoms with van der Waals surface area (Å²) in [5.41, 5.74) is 1.13. The van der Waals surface area contributed by atoms with E-state index in [1.165, 1.54) is 0 Å². The van der Waals surface area contributed by atoms with Crippen LogP contribution in [0.25, 0.3) is 0 Å². The molecule has 1 aromatic carbocycles. The van der Waals surface area contributed by atoms with Crippen LogP contribution in [0, 0.1) is 18.3 Å². The lowest BCUT2D eigenvalue weighted by Crippen LogP contribution is -2.19. The molecule has 0 saturated carbocycles. The number of nitrogens with one attached hydrogen (secondary N) is 1. The second-order valence-corrected chi connectivity index (χ2v) is 5.47. The number of ether oxygens (including phenoxy) is 2. The first-order valence-corrected chi connectivity index (χ1v) is 7.01. The lowest BCUT2D eigenvalue weighted by Gasteiger charge is -2.14. The summed E-state index contributed by atoms with van der Waals surface area (Å²) in [7, 11) is 1.62. The Kier molecular flexibility index (Phi) is 6.75. The van der Waals surface area contributed by atoms with E-state index in [4.69, 9.17) is 15.9 Å². The predicted molar refractivity (Wildman–Crippen MR) is 81.6 cm³/mol. The standard InChI is InChI=1S/C15H20BrNO2/c1-5-6-19-15-8-13(16)12(7-14(15)18-4)10-17-9-11(2)3/h1,7-8,11,17H,6,9-10H2,2-4H3. The van der Waals surface area contributed by atoms with E-state index >= 15 is 0 Å². The van der Waals surface area contributed by atoms with Gasteiger partial charge in [0, 0.05) is 11.0 Å². The number of terminal acetylenes is 1. The molecule has 0 radical (unpaired) electrons. The maximum absolute atomic E-state index is 5.44. The fraction of sp³-hybridized carbons (Fsp3) is 0.467. The minimum Gasteiger partial charge on any atom is -0.493 e. The van der Waals surface area contributed by atoms with Crippen molar-refractivity contribution in [2.45, 2.75) is 20.4 Å². The summed E-state index contributed by atoms with van der Waals surface area (Å²) in [5, 5.41) is 3.40. The van der Waals surface area contributed by atoms with Crippen LogP contribution in [-0.4, -0.2) is 20.3 Å². The van der Waals surface area contributed by atoms with E-state index in [0.717, 1.165) is 23.1 Å². The van der Waals surface area contributed by atoms with Crippen LogP contribution < -0.4 is 14.8 Å². The Morgan fingerprint density at radius 2 is 2.11 bits per heavy atom. The topological polar surface area (TPSA) is 30.5 Å². The Hall–Kier alpha value is -1.18. The van der Waals surface area contributed by atoms with E-state index in [1.807, 2.05) is 12.1 Å². The molecule has 1 N–H and O–H groups in total. The van der Waals surface area contributed by atoms with Crippen molar-refractivity contribution in [3.05, 3.63) is 22.2 Å². The first kappa shape index (κ1) is 15.9. The van der Waals surface area contributed by atoms with Gasteiger partial charge in [0.05, 0.1) is 7.11 Å². The Morgan fingerprint density at radius 1 is 1.37 bits per heavy atom. The normalized spacial score (nSPS) is 10.3. The Morgan fingerprint density at radius 3 is 2.68 bits per heavy atom. The van der Waals surface area contributed by atoms with Crippen molar-refractivity contribution in [1.29, 1.82) is 0 Å². The number of methoxy groups -OCH3 is 1. The number of hydrogen-bond acceptors (Lipinski definition) is 3. The van der Waals surface area contributed by atoms with Crippen molar-refractivity contribution in [2.24, 2.45) is 5.92 Å². The number of hydrogen-bond donors (Lipinski definition) is 1. The molecule has 4 heteroatoms. The third-order valence-electron chi connectivity index (χ3n) is 2.51. The van der Waals surface area contributed by atoms with Gasteiger partial charge in [-0.2, -0.15) is 0 Å². The molecule has 0 saturated heterocycles. The van der Waals surface area contributed by atoms with Gasteiger partial charge in [-0.05, 0) is 30.2 Å². The minimum atomic E-state index is 0.230. The van der Waals surface area contributed by atoms with Crippen molar-refractivity contribution in [3.8, 4) is 23.8 Å². The van der Waals surface area contributed by atoms with Crippen LogP contribution in [0.4, 0.5) is 0 Å². The molecule has 0 atom stereocenters. The van der Waals surface area contributed by atoms with E-state index in [-0.39, 0.29) is 6.61 Å². The van der Waals surface area contributed by atoms with Crippen LogP contribution in [0.5, 0.6) is 11.5 Å². The van der Waals surface area contributed by atoms with Crippen LogP contribution in [0.1, 0.15) is 19.4 Å². The molecule has 0 aliphatic carbocycles. The summed E-state index contributed by atoms with van der Waals surface area (Å²) in [4.78, 5) is 0. The summed E-state index contributed by atoms with van der Waals surface area (Å²) in [6.07, 6.45) is 5.19. The molecule has 1 rings (SSSR count).